The van der Waals surface area contributed by atoms with Crippen molar-refractivity contribution in [1.29, 1.82) is 0 Å². The molecule has 0 aliphatic carbocycles. The van der Waals surface area contributed by atoms with Crippen LogP contribution in [0.4, 0.5) is 0 Å². The van der Waals surface area contributed by atoms with Crippen LogP contribution in [0.5, 0.6) is 11.5 Å². The molecule has 1 aromatic rings. The molecule has 0 amide bonds. The van der Waals surface area contributed by atoms with Crippen LogP contribution in [0, 0.1) is 0 Å². The third-order valence-electron chi connectivity index (χ3n) is 1.95. The average molecular weight is 238 g/mol. The Kier molecular flexibility index (Phi) is 5.03. The van der Waals surface area contributed by atoms with Crippen LogP contribution in [-0.2, 0) is 9.53 Å². The van der Waals surface area contributed by atoms with Crippen LogP contribution in [0.3, 0.4) is 0 Å². The minimum atomic E-state index is -1.02. The highest BCUT2D eigenvalue weighted by atomic mass is 16.7. The lowest BCUT2D eigenvalue weighted by atomic mass is 10.1. The molecule has 0 atom stereocenters. The average Bonchev–Trinajstić information content (AvgIpc) is 2.34. The smallest absolute Gasteiger partial charge is 0.328 e. The summed E-state index contributed by atoms with van der Waals surface area (Å²) in [6.45, 7) is 0.0975. The molecule has 92 valence electrons. The van der Waals surface area contributed by atoms with E-state index in [1.807, 2.05) is 0 Å². The predicted molar refractivity (Wildman–Crippen MR) is 62.2 cm³/mol. The van der Waals surface area contributed by atoms with Crippen LogP contribution in [0.15, 0.2) is 24.3 Å². The number of rotatable bonds is 6. The van der Waals surface area contributed by atoms with Crippen LogP contribution in [0.2, 0.25) is 0 Å². The highest BCUT2D eigenvalue weighted by molar-refractivity contribution is 5.86. The molecule has 0 aromatic heterocycles. The van der Waals surface area contributed by atoms with Gasteiger partial charge in [-0.3, -0.25) is 0 Å². The summed E-state index contributed by atoms with van der Waals surface area (Å²) in [5.41, 5.74) is 0.615. The summed E-state index contributed by atoms with van der Waals surface area (Å²) in [6, 6.07) is 5.10. The van der Waals surface area contributed by atoms with E-state index in [0.29, 0.717) is 17.1 Å². The molecule has 0 bridgehead atoms. The molecular weight excluding hydrogens is 224 g/mol. The maximum Gasteiger partial charge on any atom is 0.328 e. The summed E-state index contributed by atoms with van der Waals surface area (Å²) in [4.78, 5) is 10.5. The van der Waals surface area contributed by atoms with Gasteiger partial charge >= 0.3 is 5.97 Å². The zero-order valence-corrected chi connectivity index (χ0v) is 9.67. The SMILES string of the molecule is COCOc1ccc(OC)cc1C=CC(=O)O. The van der Waals surface area contributed by atoms with Crippen molar-refractivity contribution in [3.05, 3.63) is 29.8 Å². The van der Waals surface area contributed by atoms with E-state index in [-0.39, 0.29) is 6.79 Å². The van der Waals surface area contributed by atoms with Crippen molar-refractivity contribution in [3.8, 4) is 11.5 Å². The molecule has 0 saturated heterocycles. The maximum absolute atomic E-state index is 10.5. The summed E-state index contributed by atoms with van der Waals surface area (Å²) in [6.07, 6.45) is 2.48. The topological polar surface area (TPSA) is 65.0 Å². The molecule has 0 radical (unpaired) electrons. The van der Waals surface area contributed by atoms with Crippen LogP contribution in [0.25, 0.3) is 6.08 Å². The van der Waals surface area contributed by atoms with Gasteiger partial charge in [-0.05, 0) is 24.3 Å². The van der Waals surface area contributed by atoms with E-state index in [2.05, 4.69) is 0 Å². The summed E-state index contributed by atoms with van der Waals surface area (Å²) < 4.78 is 15.1. The first kappa shape index (κ1) is 13.1. The standard InChI is InChI=1S/C12H14O5/c1-15-8-17-11-5-4-10(16-2)7-9(11)3-6-12(13)14/h3-7H,8H2,1-2H3,(H,13,14). The van der Waals surface area contributed by atoms with E-state index in [4.69, 9.17) is 19.3 Å². The lowest BCUT2D eigenvalue weighted by molar-refractivity contribution is -0.131. The van der Waals surface area contributed by atoms with Gasteiger partial charge < -0.3 is 19.3 Å². The predicted octanol–water partition coefficient (Wildman–Crippen LogP) is 1.78. The van der Waals surface area contributed by atoms with Crippen molar-refractivity contribution in [2.75, 3.05) is 21.0 Å². The second-order valence-corrected chi connectivity index (χ2v) is 3.13. The molecule has 0 fully saturated rings. The van der Waals surface area contributed by atoms with E-state index in [1.165, 1.54) is 20.3 Å². The van der Waals surface area contributed by atoms with Gasteiger partial charge in [-0.1, -0.05) is 0 Å². The van der Waals surface area contributed by atoms with Gasteiger partial charge in [0.2, 0.25) is 0 Å². The van der Waals surface area contributed by atoms with Gasteiger partial charge in [0.05, 0.1) is 7.11 Å². The first-order valence-corrected chi connectivity index (χ1v) is 4.88. The Morgan fingerprint density at radius 1 is 1.41 bits per heavy atom. The molecule has 5 nitrogen and oxygen atoms in total. The van der Waals surface area contributed by atoms with Gasteiger partial charge in [-0.15, -0.1) is 0 Å². The van der Waals surface area contributed by atoms with Gasteiger partial charge in [-0.2, -0.15) is 0 Å². The lowest BCUT2D eigenvalue weighted by Crippen LogP contribution is -2.00. The number of methoxy groups -OCH3 is 2. The number of aliphatic carboxylic acids is 1. The first-order valence-electron chi connectivity index (χ1n) is 4.88. The zero-order chi connectivity index (χ0) is 12.7. The molecule has 17 heavy (non-hydrogen) atoms. The number of carboxylic acid groups (broad SMARTS) is 1. The molecule has 1 N–H and O–H groups in total. The van der Waals surface area contributed by atoms with Crippen LogP contribution in [0.1, 0.15) is 5.56 Å². The Morgan fingerprint density at radius 3 is 2.76 bits per heavy atom. The largest absolute Gasteiger partial charge is 0.497 e. The molecule has 0 aliphatic rings. The fourth-order valence-electron chi connectivity index (χ4n) is 1.20. The highest BCUT2D eigenvalue weighted by Crippen LogP contribution is 2.25. The molecule has 0 unspecified atom stereocenters. The minimum Gasteiger partial charge on any atom is -0.497 e. The quantitative estimate of drug-likeness (QED) is 0.604. The van der Waals surface area contributed by atoms with Crippen LogP contribution < -0.4 is 9.47 Å². The second kappa shape index (κ2) is 6.55. The number of carbonyl (C=O) groups is 1. The fraction of sp³-hybridized carbons (Fsp3) is 0.250. The summed E-state index contributed by atoms with van der Waals surface area (Å²) in [7, 11) is 3.05. The van der Waals surface area contributed by atoms with Crippen molar-refractivity contribution in [2.24, 2.45) is 0 Å². The molecule has 0 spiro atoms. The van der Waals surface area contributed by atoms with Crippen molar-refractivity contribution in [3.63, 3.8) is 0 Å². The summed E-state index contributed by atoms with van der Waals surface area (Å²) in [5.74, 6) is 0.135. The minimum absolute atomic E-state index is 0.0975. The number of ether oxygens (including phenoxy) is 3. The van der Waals surface area contributed by atoms with Gasteiger partial charge in [0.1, 0.15) is 11.5 Å². The molecule has 1 rings (SSSR count). The van der Waals surface area contributed by atoms with Crippen molar-refractivity contribution >= 4 is 12.0 Å². The Balaban J connectivity index is 2.98. The van der Waals surface area contributed by atoms with E-state index >= 15 is 0 Å². The van der Waals surface area contributed by atoms with Gasteiger partial charge in [0.25, 0.3) is 0 Å². The Bertz CT molecular complexity index is 411. The third kappa shape index (κ3) is 4.16. The number of hydrogen-bond acceptors (Lipinski definition) is 4. The maximum atomic E-state index is 10.5. The summed E-state index contributed by atoms with van der Waals surface area (Å²) >= 11 is 0. The number of hydrogen-bond donors (Lipinski definition) is 1. The number of benzene rings is 1. The third-order valence-corrected chi connectivity index (χ3v) is 1.95. The van der Waals surface area contributed by atoms with Crippen molar-refractivity contribution in [1.82, 2.24) is 0 Å². The first-order chi connectivity index (χ1) is 8.17. The summed E-state index contributed by atoms with van der Waals surface area (Å²) in [5, 5.41) is 8.58. The van der Waals surface area contributed by atoms with Crippen molar-refractivity contribution < 1.29 is 24.1 Å². The monoisotopic (exact) mass is 238 g/mol. The Labute approximate surface area is 99.2 Å². The van der Waals surface area contributed by atoms with Crippen molar-refractivity contribution in [2.45, 2.75) is 0 Å². The van der Waals surface area contributed by atoms with E-state index < -0.39 is 5.97 Å². The molecule has 0 heterocycles. The second-order valence-electron chi connectivity index (χ2n) is 3.13. The highest BCUT2D eigenvalue weighted by Gasteiger charge is 2.03. The lowest BCUT2D eigenvalue weighted by Gasteiger charge is -2.09. The van der Waals surface area contributed by atoms with Crippen LogP contribution >= 0.6 is 0 Å². The normalized spacial score (nSPS) is 10.5. The fourth-order valence-corrected chi connectivity index (χ4v) is 1.20. The number of carboxylic acids is 1. The Morgan fingerprint density at radius 2 is 2.18 bits per heavy atom. The molecule has 1 aromatic carbocycles. The molecule has 0 aliphatic heterocycles. The molecular formula is C12H14O5. The van der Waals surface area contributed by atoms with E-state index in [1.54, 1.807) is 18.2 Å². The zero-order valence-electron chi connectivity index (χ0n) is 9.67. The van der Waals surface area contributed by atoms with Gasteiger partial charge in [0.15, 0.2) is 6.79 Å². The molecule has 0 saturated carbocycles. The van der Waals surface area contributed by atoms with Gasteiger partial charge in [-0.25, -0.2) is 4.79 Å². The molecule has 5 heteroatoms. The van der Waals surface area contributed by atoms with E-state index in [0.717, 1.165) is 6.08 Å². The van der Waals surface area contributed by atoms with E-state index in [9.17, 15) is 4.79 Å². The Hall–Kier alpha value is -2.01. The van der Waals surface area contributed by atoms with Gasteiger partial charge in [0, 0.05) is 18.7 Å². The van der Waals surface area contributed by atoms with Crippen LogP contribution in [-0.4, -0.2) is 32.1 Å².